The van der Waals surface area contributed by atoms with Crippen molar-refractivity contribution >= 4 is 63.2 Å². The third-order valence-electron chi connectivity index (χ3n) is 4.32. The van der Waals surface area contributed by atoms with E-state index in [1.54, 1.807) is 43.6 Å². The first-order chi connectivity index (χ1) is 13.4. The number of para-hydroxylation sites is 1. The van der Waals surface area contributed by atoms with Crippen molar-refractivity contribution < 1.29 is 14.4 Å². The van der Waals surface area contributed by atoms with Crippen LogP contribution in [0.15, 0.2) is 52.6 Å². The van der Waals surface area contributed by atoms with Gasteiger partial charge in [-0.2, -0.15) is 0 Å². The van der Waals surface area contributed by atoms with E-state index >= 15 is 0 Å². The number of amidine groups is 1. The van der Waals surface area contributed by atoms with Crippen LogP contribution in [-0.2, 0) is 14.4 Å². The number of halogens is 1. The SMILES string of the molecule is CC(=O)N1C(=O)/C(=C2\SC(=Nc3ccncc3Cl)N(C)C2=O)c2ccccc21. The van der Waals surface area contributed by atoms with Crippen LogP contribution in [0, 0.1) is 0 Å². The molecule has 0 radical (unpaired) electrons. The lowest BCUT2D eigenvalue weighted by Gasteiger charge is -2.11. The lowest BCUT2D eigenvalue weighted by molar-refractivity contribution is -0.123. The molecule has 1 saturated heterocycles. The highest BCUT2D eigenvalue weighted by molar-refractivity contribution is 8.18. The van der Waals surface area contributed by atoms with Gasteiger partial charge >= 0.3 is 0 Å². The van der Waals surface area contributed by atoms with Crippen molar-refractivity contribution in [2.75, 3.05) is 11.9 Å². The monoisotopic (exact) mass is 412 g/mol. The van der Waals surface area contributed by atoms with Gasteiger partial charge in [0.25, 0.3) is 11.8 Å². The number of amides is 3. The molecular formula is C19H13ClN4O3S. The van der Waals surface area contributed by atoms with E-state index in [2.05, 4.69) is 9.98 Å². The van der Waals surface area contributed by atoms with Gasteiger partial charge in [-0.25, -0.2) is 9.89 Å². The summed E-state index contributed by atoms with van der Waals surface area (Å²) in [6, 6.07) is 8.54. The number of hydrogen-bond donors (Lipinski definition) is 0. The lowest BCUT2D eigenvalue weighted by Crippen LogP contribution is -2.31. The highest BCUT2D eigenvalue weighted by Gasteiger charge is 2.42. The van der Waals surface area contributed by atoms with Crippen LogP contribution in [0.1, 0.15) is 12.5 Å². The first-order valence-electron chi connectivity index (χ1n) is 8.23. The number of anilines is 1. The summed E-state index contributed by atoms with van der Waals surface area (Å²) in [6.45, 7) is 1.32. The highest BCUT2D eigenvalue weighted by atomic mass is 35.5. The zero-order chi connectivity index (χ0) is 20.0. The summed E-state index contributed by atoms with van der Waals surface area (Å²) in [6.07, 6.45) is 3.01. The van der Waals surface area contributed by atoms with E-state index in [-0.39, 0.29) is 16.4 Å². The minimum atomic E-state index is -0.513. The number of carbonyl (C=O) groups is 3. The lowest BCUT2D eigenvalue weighted by atomic mass is 10.1. The molecule has 28 heavy (non-hydrogen) atoms. The fourth-order valence-electron chi connectivity index (χ4n) is 3.01. The van der Waals surface area contributed by atoms with Gasteiger partial charge in [-0.05, 0) is 23.9 Å². The molecular weight excluding hydrogens is 400 g/mol. The van der Waals surface area contributed by atoms with Crippen LogP contribution in [0.25, 0.3) is 5.57 Å². The largest absolute Gasteiger partial charge is 0.290 e. The molecule has 3 heterocycles. The Morgan fingerprint density at radius 3 is 2.64 bits per heavy atom. The summed E-state index contributed by atoms with van der Waals surface area (Å²) in [5.41, 5.74) is 1.70. The van der Waals surface area contributed by atoms with E-state index < -0.39 is 11.8 Å². The maximum absolute atomic E-state index is 13.0. The summed E-state index contributed by atoms with van der Waals surface area (Å²) in [4.78, 5) is 48.8. The van der Waals surface area contributed by atoms with Gasteiger partial charge in [-0.3, -0.25) is 24.3 Å². The Morgan fingerprint density at radius 2 is 1.93 bits per heavy atom. The maximum atomic E-state index is 13.0. The summed E-state index contributed by atoms with van der Waals surface area (Å²) in [5, 5.41) is 0.731. The second-order valence-corrected chi connectivity index (χ2v) is 7.45. The topological polar surface area (TPSA) is 82.9 Å². The smallest absolute Gasteiger partial charge is 0.267 e. The molecule has 140 valence electrons. The molecule has 3 amide bonds. The molecule has 0 bridgehead atoms. The molecule has 7 nitrogen and oxygen atoms in total. The van der Waals surface area contributed by atoms with Crippen LogP contribution < -0.4 is 4.90 Å². The Morgan fingerprint density at radius 1 is 1.18 bits per heavy atom. The van der Waals surface area contributed by atoms with E-state index in [0.717, 1.165) is 16.7 Å². The summed E-state index contributed by atoms with van der Waals surface area (Å²) < 4.78 is 0. The zero-order valence-electron chi connectivity index (χ0n) is 14.8. The molecule has 0 unspecified atom stereocenters. The Labute approximate surface area is 169 Å². The Hall–Kier alpha value is -2.97. The van der Waals surface area contributed by atoms with Crippen LogP contribution >= 0.6 is 23.4 Å². The standard InChI is InChI=1S/C19H13ClN4O3S/c1-10(25)24-14-6-4-3-5-11(14)15(17(24)26)16-18(27)23(2)19(28-16)22-13-7-8-21-9-12(13)20/h3-9H,1-2H3/b16-15-,22-19?. The number of rotatable bonds is 1. The average Bonchev–Trinajstić information content (AvgIpc) is 3.11. The van der Waals surface area contributed by atoms with Crippen molar-refractivity contribution in [2.24, 2.45) is 4.99 Å². The highest BCUT2D eigenvalue weighted by Crippen LogP contribution is 2.44. The number of hydrogen-bond acceptors (Lipinski definition) is 6. The molecule has 1 aromatic heterocycles. The minimum absolute atomic E-state index is 0.207. The molecule has 2 aliphatic heterocycles. The van der Waals surface area contributed by atoms with Crippen molar-refractivity contribution in [1.82, 2.24) is 9.88 Å². The van der Waals surface area contributed by atoms with Gasteiger partial charge < -0.3 is 0 Å². The second kappa shape index (κ2) is 6.88. The van der Waals surface area contributed by atoms with E-state index in [4.69, 9.17) is 11.6 Å². The Balaban J connectivity index is 1.84. The van der Waals surface area contributed by atoms with E-state index in [1.165, 1.54) is 18.0 Å². The number of benzene rings is 1. The number of carbonyl (C=O) groups excluding carboxylic acids is 3. The molecule has 0 atom stereocenters. The number of aliphatic imine (C=N–C) groups is 1. The third-order valence-corrected chi connectivity index (χ3v) is 5.74. The zero-order valence-corrected chi connectivity index (χ0v) is 16.4. The van der Waals surface area contributed by atoms with Crippen molar-refractivity contribution in [1.29, 1.82) is 0 Å². The predicted molar refractivity (Wildman–Crippen MR) is 108 cm³/mol. The maximum Gasteiger partial charge on any atom is 0.267 e. The average molecular weight is 413 g/mol. The van der Waals surface area contributed by atoms with Crippen LogP contribution in [-0.4, -0.2) is 39.8 Å². The fourth-order valence-corrected chi connectivity index (χ4v) is 4.24. The third kappa shape index (κ3) is 2.81. The normalized spacial score (nSPS) is 20.3. The van der Waals surface area contributed by atoms with Gasteiger partial charge in [-0.1, -0.05) is 29.8 Å². The quantitative estimate of drug-likeness (QED) is 0.671. The number of nitrogens with zero attached hydrogens (tertiary/aromatic N) is 4. The van der Waals surface area contributed by atoms with E-state index in [9.17, 15) is 14.4 Å². The van der Waals surface area contributed by atoms with Gasteiger partial charge in [0.2, 0.25) is 5.91 Å². The van der Waals surface area contributed by atoms with Crippen LogP contribution in [0.2, 0.25) is 5.02 Å². The molecule has 2 aliphatic rings. The Kier molecular flexibility index (Phi) is 4.52. The van der Waals surface area contributed by atoms with E-state index in [0.29, 0.717) is 27.1 Å². The van der Waals surface area contributed by atoms with Crippen molar-refractivity contribution in [3.63, 3.8) is 0 Å². The molecule has 2 aromatic rings. The van der Waals surface area contributed by atoms with E-state index in [1.807, 2.05) is 0 Å². The summed E-state index contributed by atoms with van der Waals surface area (Å²) >= 11 is 7.18. The van der Waals surface area contributed by atoms with Crippen LogP contribution in [0.4, 0.5) is 11.4 Å². The van der Waals surface area contributed by atoms with Crippen LogP contribution in [0.3, 0.4) is 0 Å². The molecule has 0 aliphatic carbocycles. The molecule has 1 fully saturated rings. The van der Waals surface area contributed by atoms with Gasteiger partial charge in [-0.15, -0.1) is 0 Å². The first kappa shape index (κ1) is 18.4. The van der Waals surface area contributed by atoms with Crippen molar-refractivity contribution in [2.45, 2.75) is 6.92 Å². The number of imide groups is 1. The molecule has 9 heteroatoms. The van der Waals surface area contributed by atoms with Gasteiger partial charge in [0, 0.05) is 31.9 Å². The molecule has 4 rings (SSSR count). The number of thioether (sulfide) groups is 1. The predicted octanol–water partition coefficient (Wildman–Crippen LogP) is 3.23. The molecule has 0 spiro atoms. The fraction of sp³-hybridized carbons (Fsp3) is 0.105. The van der Waals surface area contributed by atoms with Crippen molar-refractivity contribution in [3.05, 3.63) is 58.2 Å². The number of likely N-dealkylation sites (N-methyl/N-ethyl adjacent to an activating group) is 1. The number of pyridine rings is 1. The first-order valence-corrected chi connectivity index (χ1v) is 9.42. The van der Waals surface area contributed by atoms with Gasteiger partial charge in [0.15, 0.2) is 5.17 Å². The van der Waals surface area contributed by atoms with Crippen LogP contribution in [0.5, 0.6) is 0 Å². The molecule has 1 aromatic carbocycles. The Bertz CT molecular complexity index is 1110. The molecule has 0 saturated carbocycles. The van der Waals surface area contributed by atoms with Gasteiger partial charge in [0.05, 0.1) is 26.9 Å². The number of fused-ring (bicyclic) bond motifs is 1. The summed E-state index contributed by atoms with van der Waals surface area (Å²) in [7, 11) is 1.57. The second-order valence-electron chi connectivity index (χ2n) is 6.07. The van der Waals surface area contributed by atoms with Gasteiger partial charge in [0.1, 0.15) is 0 Å². The molecule has 0 N–H and O–H groups in total. The minimum Gasteiger partial charge on any atom is -0.290 e. The van der Waals surface area contributed by atoms with Crippen molar-refractivity contribution in [3.8, 4) is 0 Å². The summed E-state index contributed by atoms with van der Waals surface area (Å²) in [5.74, 6) is -1.28. The number of aromatic nitrogens is 1.